The Morgan fingerprint density at radius 1 is 1.33 bits per heavy atom. The van der Waals surface area contributed by atoms with Gasteiger partial charge in [-0.1, -0.05) is 0 Å². The highest BCUT2D eigenvalue weighted by atomic mass is 32.1. The lowest BCUT2D eigenvalue weighted by molar-refractivity contribution is 0.515. The standard InChI is InChI=1S/C12H9F2N3S/c1-5-4-6(11(15)18-5)12-16-8-3-2-7(13)9(14)10(8)17-12/h2-4H,15H2,1H3,(H,16,17). The van der Waals surface area contributed by atoms with Gasteiger partial charge in [-0.3, -0.25) is 0 Å². The van der Waals surface area contributed by atoms with Gasteiger partial charge in [0.25, 0.3) is 0 Å². The maximum Gasteiger partial charge on any atom is 0.186 e. The normalized spacial score (nSPS) is 11.3. The monoisotopic (exact) mass is 265 g/mol. The predicted molar refractivity (Wildman–Crippen MR) is 68.5 cm³/mol. The van der Waals surface area contributed by atoms with Crippen LogP contribution >= 0.6 is 11.3 Å². The number of nitrogens with zero attached hydrogens (tertiary/aromatic N) is 1. The van der Waals surface area contributed by atoms with Gasteiger partial charge in [0.05, 0.1) is 16.1 Å². The van der Waals surface area contributed by atoms with E-state index in [9.17, 15) is 8.78 Å². The largest absolute Gasteiger partial charge is 0.390 e. The fourth-order valence-corrected chi connectivity index (χ4v) is 2.65. The average Bonchev–Trinajstić information content (AvgIpc) is 2.87. The summed E-state index contributed by atoms with van der Waals surface area (Å²) >= 11 is 1.43. The Bertz CT molecular complexity index is 745. The molecule has 2 aromatic heterocycles. The minimum absolute atomic E-state index is 0.00625. The third-order valence-electron chi connectivity index (χ3n) is 2.68. The number of benzene rings is 1. The highest BCUT2D eigenvalue weighted by molar-refractivity contribution is 7.16. The highest BCUT2D eigenvalue weighted by Crippen LogP contribution is 2.33. The summed E-state index contributed by atoms with van der Waals surface area (Å²) in [5.74, 6) is -1.40. The first kappa shape index (κ1) is 11.2. The van der Waals surface area contributed by atoms with Crippen molar-refractivity contribution in [3.8, 4) is 11.4 Å². The van der Waals surface area contributed by atoms with Crippen LogP contribution in [0.3, 0.4) is 0 Å². The molecule has 0 amide bonds. The smallest absolute Gasteiger partial charge is 0.186 e. The molecular weight excluding hydrogens is 256 g/mol. The van der Waals surface area contributed by atoms with Crippen molar-refractivity contribution in [3.63, 3.8) is 0 Å². The van der Waals surface area contributed by atoms with E-state index in [-0.39, 0.29) is 5.52 Å². The number of nitrogen functional groups attached to an aromatic ring is 1. The maximum atomic E-state index is 13.5. The Hall–Kier alpha value is -1.95. The Balaban J connectivity index is 2.26. The van der Waals surface area contributed by atoms with Crippen LogP contribution in [0, 0.1) is 18.6 Å². The first-order valence-corrected chi connectivity index (χ1v) is 6.08. The topological polar surface area (TPSA) is 54.7 Å². The van der Waals surface area contributed by atoms with Crippen molar-refractivity contribution < 1.29 is 8.78 Å². The molecule has 18 heavy (non-hydrogen) atoms. The molecule has 2 heterocycles. The molecular formula is C12H9F2N3S. The minimum Gasteiger partial charge on any atom is -0.390 e. The Morgan fingerprint density at radius 2 is 2.11 bits per heavy atom. The number of hydrogen-bond acceptors (Lipinski definition) is 3. The van der Waals surface area contributed by atoms with Crippen molar-refractivity contribution in [2.24, 2.45) is 0 Å². The zero-order valence-corrected chi connectivity index (χ0v) is 10.2. The van der Waals surface area contributed by atoms with E-state index < -0.39 is 11.6 Å². The molecule has 3 aromatic rings. The summed E-state index contributed by atoms with van der Waals surface area (Å²) in [5, 5.41) is 0.604. The second kappa shape index (κ2) is 3.78. The number of thiophene rings is 1. The van der Waals surface area contributed by atoms with Crippen molar-refractivity contribution in [2.75, 3.05) is 5.73 Å². The lowest BCUT2D eigenvalue weighted by Crippen LogP contribution is -1.85. The van der Waals surface area contributed by atoms with Crippen molar-refractivity contribution in [1.82, 2.24) is 9.97 Å². The van der Waals surface area contributed by atoms with Crippen LogP contribution in [0.2, 0.25) is 0 Å². The van der Waals surface area contributed by atoms with Crippen LogP contribution in [-0.4, -0.2) is 9.97 Å². The number of fused-ring (bicyclic) bond motifs is 1. The van der Waals surface area contributed by atoms with Gasteiger partial charge in [-0.2, -0.15) is 0 Å². The number of halogens is 2. The van der Waals surface area contributed by atoms with Gasteiger partial charge < -0.3 is 10.7 Å². The van der Waals surface area contributed by atoms with E-state index in [2.05, 4.69) is 9.97 Å². The van der Waals surface area contributed by atoms with Crippen molar-refractivity contribution in [2.45, 2.75) is 6.92 Å². The van der Waals surface area contributed by atoms with Crippen molar-refractivity contribution in [3.05, 3.63) is 34.7 Å². The Labute approximate surface area is 105 Å². The van der Waals surface area contributed by atoms with Crippen LogP contribution in [0.1, 0.15) is 4.88 Å². The molecule has 0 saturated carbocycles. The van der Waals surface area contributed by atoms with Gasteiger partial charge in [-0.25, -0.2) is 13.8 Å². The molecule has 92 valence electrons. The summed E-state index contributed by atoms with van der Waals surface area (Å²) < 4.78 is 26.6. The van der Waals surface area contributed by atoms with Crippen LogP contribution < -0.4 is 5.73 Å². The number of hydrogen-bond donors (Lipinski definition) is 2. The number of imidazole rings is 1. The lowest BCUT2D eigenvalue weighted by atomic mass is 10.3. The molecule has 0 aliphatic heterocycles. The van der Waals surface area contributed by atoms with E-state index in [4.69, 9.17) is 5.73 Å². The number of rotatable bonds is 1. The molecule has 0 aliphatic rings. The number of aromatic amines is 1. The molecule has 0 bridgehead atoms. The van der Waals surface area contributed by atoms with Crippen LogP contribution in [0.25, 0.3) is 22.4 Å². The molecule has 3 nitrogen and oxygen atoms in total. The van der Waals surface area contributed by atoms with Gasteiger partial charge in [0.15, 0.2) is 11.6 Å². The minimum atomic E-state index is -0.944. The van der Waals surface area contributed by atoms with Gasteiger partial charge >= 0.3 is 0 Å². The van der Waals surface area contributed by atoms with Crippen LogP contribution in [0.5, 0.6) is 0 Å². The summed E-state index contributed by atoms with van der Waals surface area (Å²) in [6.45, 7) is 1.92. The number of H-pyrrole nitrogens is 1. The second-order valence-corrected chi connectivity index (χ2v) is 5.27. The molecule has 0 fully saturated rings. The Kier molecular flexibility index (Phi) is 2.34. The molecule has 0 radical (unpaired) electrons. The first-order chi connectivity index (χ1) is 8.56. The number of aromatic nitrogens is 2. The molecule has 6 heteroatoms. The quantitative estimate of drug-likeness (QED) is 0.708. The molecule has 0 atom stereocenters. The molecule has 3 rings (SSSR count). The second-order valence-electron chi connectivity index (χ2n) is 3.98. The third kappa shape index (κ3) is 1.57. The van der Waals surface area contributed by atoms with E-state index in [1.807, 2.05) is 13.0 Å². The van der Waals surface area contributed by atoms with E-state index >= 15 is 0 Å². The zero-order valence-electron chi connectivity index (χ0n) is 9.42. The van der Waals surface area contributed by atoms with Crippen LogP contribution in [-0.2, 0) is 0 Å². The summed E-state index contributed by atoms with van der Waals surface area (Å²) in [4.78, 5) is 8.05. The maximum absolute atomic E-state index is 13.5. The fourth-order valence-electron chi connectivity index (χ4n) is 1.86. The SMILES string of the molecule is Cc1cc(-c2nc3c(F)c(F)ccc3[nH]2)c(N)s1. The lowest BCUT2D eigenvalue weighted by Gasteiger charge is -1.92. The molecule has 0 spiro atoms. The number of nitrogens with two attached hydrogens (primary N) is 1. The van der Waals surface area contributed by atoms with Crippen LogP contribution in [0.15, 0.2) is 18.2 Å². The molecule has 1 aromatic carbocycles. The summed E-state index contributed by atoms with van der Waals surface area (Å²) in [6.07, 6.45) is 0. The van der Waals surface area contributed by atoms with E-state index in [0.717, 1.165) is 10.9 Å². The van der Waals surface area contributed by atoms with Gasteiger partial charge in [-0.15, -0.1) is 11.3 Å². The zero-order chi connectivity index (χ0) is 12.9. The summed E-state index contributed by atoms with van der Waals surface area (Å²) in [6, 6.07) is 4.40. The van der Waals surface area contributed by atoms with E-state index in [0.29, 0.717) is 21.9 Å². The predicted octanol–water partition coefficient (Wildman–Crippen LogP) is 3.46. The summed E-state index contributed by atoms with van der Waals surface area (Å²) in [7, 11) is 0. The highest BCUT2D eigenvalue weighted by Gasteiger charge is 2.15. The van der Waals surface area contributed by atoms with Crippen molar-refractivity contribution in [1.29, 1.82) is 0 Å². The first-order valence-electron chi connectivity index (χ1n) is 5.26. The van der Waals surface area contributed by atoms with Crippen LogP contribution in [0.4, 0.5) is 13.8 Å². The van der Waals surface area contributed by atoms with E-state index in [1.165, 1.54) is 17.4 Å². The average molecular weight is 265 g/mol. The van der Waals surface area contributed by atoms with Gasteiger partial charge in [0, 0.05) is 4.88 Å². The molecule has 3 N–H and O–H groups in total. The van der Waals surface area contributed by atoms with Gasteiger partial charge in [0.1, 0.15) is 11.3 Å². The fraction of sp³-hybridized carbons (Fsp3) is 0.0833. The molecule has 0 aliphatic carbocycles. The van der Waals surface area contributed by atoms with Gasteiger partial charge in [-0.05, 0) is 25.1 Å². The number of aryl methyl sites for hydroxylation is 1. The summed E-state index contributed by atoms with van der Waals surface area (Å²) in [5.41, 5.74) is 7.01. The van der Waals surface area contributed by atoms with E-state index in [1.54, 1.807) is 0 Å². The molecule has 0 saturated heterocycles. The van der Waals surface area contributed by atoms with Crippen molar-refractivity contribution >= 4 is 27.4 Å². The number of nitrogens with one attached hydrogen (secondary N) is 1. The number of anilines is 1. The third-order valence-corrected chi connectivity index (χ3v) is 3.56. The molecule has 0 unspecified atom stereocenters. The van der Waals surface area contributed by atoms with Gasteiger partial charge in [0.2, 0.25) is 0 Å². The Morgan fingerprint density at radius 3 is 2.78 bits per heavy atom.